The number of nitrogens with one attached hydrogen (secondary N) is 1. The van der Waals surface area contributed by atoms with E-state index in [0.717, 1.165) is 36.0 Å². The van der Waals surface area contributed by atoms with Crippen LogP contribution >= 0.6 is 0 Å². The fourth-order valence-electron chi connectivity index (χ4n) is 2.97. The number of likely N-dealkylation sites (tertiary alicyclic amines) is 1. The molecule has 0 saturated carbocycles. The first kappa shape index (κ1) is 12.2. The van der Waals surface area contributed by atoms with Gasteiger partial charge in [0.2, 0.25) is 5.91 Å². The van der Waals surface area contributed by atoms with Crippen molar-refractivity contribution in [3.05, 3.63) is 30.1 Å². The molecule has 1 aliphatic rings. The molecule has 0 bridgehead atoms. The lowest BCUT2D eigenvalue weighted by Crippen LogP contribution is -2.24. The number of aromatic amines is 1. The van der Waals surface area contributed by atoms with Crippen LogP contribution < -0.4 is 0 Å². The van der Waals surface area contributed by atoms with Gasteiger partial charge in [0.05, 0.1) is 17.4 Å². The zero-order valence-corrected chi connectivity index (χ0v) is 11.2. The van der Waals surface area contributed by atoms with Crippen molar-refractivity contribution in [2.45, 2.75) is 32.7 Å². The molecular formula is C15H19N3O. The monoisotopic (exact) mass is 257 g/mol. The number of hydrogen-bond acceptors (Lipinski definition) is 2. The lowest BCUT2D eigenvalue weighted by molar-refractivity contribution is -0.128. The second kappa shape index (κ2) is 5.03. The second-order valence-corrected chi connectivity index (χ2v) is 5.35. The molecule has 0 spiro atoms. The minimum atomic E-state index is 0.287. The highest BCUT2D eigenvalue weighted by Crippen LogP contribution is 2.25. The van der Waals surface area contributed by atoms with Gasteiger partial charge < -0.3 is 9.88 Å². The van der Waals surface area contributed by atoms with Gasteiger partial charge in [0.25, 0.3) is 0 Å². The van der Waals surface area contributed by atoms with Crippen molar-refractivity contribution >= 4 is 16.9 Å². The Kier molecular flexibility index (Phi) is 3.23. The molecule has 1 atom stereocenters. The molecule has 1 N–H and O–H groups in total. The van der Waals surface area contributed by atoms with E-state index < -0.39 is 0 Å². The molecule has 3 rings (SSSR count). The summed E-state index contributed by atoms with van der Waals surface area (Å²) in [7, 11) is 0. The molecule has 1 unspecified atom stereocenters. The van der Waals surface area contributed by atoms with E-state index in [2.05, 4.69) is 23.0 Å². The van der Waals surface area contributed by atoms with Crippen molar-refractivity contribution in [3.63, 3.8) is 0 Å². The Morgan fingerprint density at radius 1 is 1.47 bits per heavy atom. The summed E-state index contributed by atoms with van der Waals surface area (Å²) >= 11 is 0. The highest BCUT2D eigenvalue weighted by molar-refractivity contribution is 5.81. The van der Waals surface area contributed by atoms with E-state index in [1.807, 2.05) is 17.0 Å². The maximum atomic E-state index is 12.0. The molecular weight excluding hydrogens is 238 g/mol. The van der Waals surface area contributed by atoms with Gasteiger partial charge in [-0.15, -0.1) is 0 Å². The molecule has 4 nitrogen and oxygen atoms in total. The number of nitrogens with zero attached hydrogens (tertiary/aromatic N) is 2. The van der Waals surface area contributed by atoms with Crippen LogP contribution in [0.25, 0.3) is 11.0 Å². The Labute approximate surface area is 112 Å². The van der Waals surface area contributed by atoms with Gasteiger partial charge in [0, 0.05) is 19.5 Å². The van der Waals surface area contributed by atoms with Crippen LogP contribution in [-0.2, 0) is 11.3 Å². The average molecular weight is 257 g/mol. The van der Waals surface area contributed by atoms with Crippen molar-refractivity contribution in [1.82, 2.24) is 14.9 Å². The Morgan fingerprint density at radius 2 is 2.37 bits per heavy atom. The zero-order chi connectivity index (χ0) is 13.2. The van der Waals surface area contributed by atoms with Crippen LogP contribution in [0.15, 0.2) is 24.5 Å². The van der Waals surface area contributed by atoms with Crippen LogP contribution in [0.4, 0.5) is 0 Å². The van der Waals surface area contributed by atoms with Gasteiger partial charge in [-0.05, 0) is 24.0 Å². The summed E-state index contributed by atoms with van der Waals surface area (Å²) in [6.45, 7) is 3.77. The van der Waals surface area contributed by atoms with Crippen molar-refractivity contribution in [2.24, 2.45) is 5.92 Å². The fraction of sp³-hybridized carbons (Fsp3) is 0.467. The van der Waals surface area contributed by atoms with Gasteiger partial charge in [0.15, 0.2) is 0 Å². The van der Waals surface area contributed by atoms with Gasteiger partial charge in [-0.3, -0.25) is 4.79 Å². The van der Waals surface area contributed by atoms with Crippen LogP contribution in [0.5, 0.6) is 0 Å². The van der Waals surface area contributed by atoms with Crippen LogP contribution in [0, 0.1) is 5.92 Å². The maximum absolute atomic E-state index is 12.0. The molecule has 19 heavy (non-hydrogen) atoms. The topological polar surface area (TPSA) is 49.0 Å². The minimum Gasteiger partial charge on any atom is -0.344 e. The summed E-state index contributed by atoms with van der Waals surface area (Å²) in [4.78, 5) is 21.4. The van der Waals surface area contributed by atoms with Gasteiger partial charge in [-0.1, -0.05) is 25.5 Å². The second-order valence-electron chi connectivity index (χ2n) is 5.35. The smallest absolute Gasteiger partial charge is 0.223 e. The van der Waals surface area contributed by atoms with E-state index >= 15 is 0 Å². The van der Waals surface area contributed by atoms with Crippen LogP contribution in [-0.4, -0.2) is 27.3 Å². The minimum absolute atomic E-state index is 0.287. The Bertz CT molecular complexity index is 590. The normalized spacial score (nSPS) is 19.5. The summed E-state index contributed by atoms with van der Waals surface area (Å²) in [5.41, 5.74) is 3.17. The van der Waals surface area contributed by atoms with Crippen molar-refractivity contribution < 1.29 is 4.79 Å². The number of para-hydroxylation sites is 1. The first-order chi connectivity index (χ1) is 9.28. The number of hydrogen-bond donors (Lipinski definition) is 1. The molecule has 1 amide bonds. The summed E-state index contributed by atoms with van der Waals surface area (Å²) < 4.78 is 0. The molecule has 4 heteroatoms. The average Bonchev–Trinajstić information content (AvgIpc) is 2.98. The van der Waals surface area contributed by atoms with E-state index in [1.165, 1.54) is 0 Å². The standard InChI is InChI=1S/C15H19N3O/c1-2-4-11-7-14(19)18(8-11)9-12-5-3-6-13-15(12)17-10-16-13/h3,5-6,10-11H,2,4,7-9H2,1H3,(H,16,17). The third-order valence-electron chi connectivity index (χ3n) is 3.89. The van der Waals surface area contributed by atoms with E-state index in [0.29, 0.717) is 18.9 Å². The predicted molar refractivity (Wildman–Crippen MR) is 74.5 cm³/mol. The number of aromatic nitrogens is 2. The molecule has 0 aliphatic carbocycles. The summed E-state index contributed by atoms with van der Waals surface area (Å²) in [5, 5.41) is 0. The number of rotatable bonds is 4. The first-order valence-corrected chi connectivity index (χ1v) is 6.96. The molecule has 1 aromatic carbocycles. The first-order valence-electron chi connectivity index (χ1n) is 6.96. The van der Waals surface area contributed by atoms with E-state index in [1.54, 1.807) is 6.33 Å². The molecule has 2 aromatic rings. The van der Waals surface area contributed by atoms with Crippen LogP contribution in [0.3, 0.4) is 0 Å². The fourth-order valence-corrected chi connectivity index (χ4v) is 2.97. The number of imidazole rings is 1. The van der Waals surface area contributed by atoms with E-state index in [4.69, 9.17) is 0 Å². The number of fused-ring (bicyclic) bond motifs is 1. The largest absolute Gasteiger partial charge is 0.344 e. The molecule has 0 radical (unpaired) electrons. The lowest BCUT2D eigenvalue weighted by atomic mass is 10.0. The van der Waals surface area contributed by atoms with Gasteiger partial charge in [-0.2, -0.15) is 0 Å². The molecule has 1 aromatic heterocycles. The number of carbonyl (C=O) groups excluding carboxylic acids is 1. The summed E-state index contributed by atoms with van der Waals surface area (Å²) in [6.07, 6.45) is 4.73. The van der Waals surface area contributed by atoms with E-state index in [-0.39, 0.29) is 5.91 Å². The van der Waals surface area contributed by atoms with Crippen LogP contribution in [0.1, 0.15) is 31.7 Å². The van der Waals surface area contributed by atoms with E-state index in [9.17, 15) is 4.79 Å². The predicted octanol–water partition coefficient (Wildman–Crippen LogP) is 2.71. The highest BCUT2D eigenvalue weighted by Gasteiger charge is 2.29. The summed E-state index contributed by atoms with van der Waals surface area (Å²) in [5.74, 6) is 0.827. The van der Waals surface area contributed by atoms with Crippen molar-refractivity contribution in [2.75, 3.05) is 6.54 Å². The molecule has 100 valence electrons. The lowest BCUT2D eigenvalue weighted by Gasteiger charge is -2.17. The number of carbonyl (C=O) groups is 1. The van der Waals surface area contributed by atoms with Crippen LogP contribution in [0.2, 0.25) is 0 Å². The molecule has 1 aliphatic heterocycles. The number of H-pyrrole nitrogens is 1. The maximum Gasteiger partial charge on any atom is 0.223 e. The van der Waals surface area contributed by atoms with Crippen molar-refractivity contribution in [3.8, 4) is 0 Å². The Hall–Kier alpha value is -1.84. The Morgan fingerprint density at radius 3 is 3.21 bits per heavy atom. The highest BCUT2D eigenvalue weighted by atomic mass is 16.2. The Balaban J connectivity index is 1.78. The quantitative estimate of drug-likeness (QED) is 0.915. The number of amides is 1. The molecule has 2 heterocycles. The van der Waals surface area contributed by atoms with Crippen molar-refractivity contribution in [1.29, 1.82) is 0 Å². The number of benzene rings is 1. The van der Waals surface area contributed by atoms with Gasteiger partial charge in [-0.25, -0.2) is 4.98 Å². The van der Waals surface area contributed by atoms with Gasteiger partial charge in [0.1, 0.15) is 0 Å². The molecule has 1 saturated heterocycles. The third kappa shape index (κ3) is 2.35. The SMILES string of the molecule is CCCC1CC(=O)N(Cc2cccc3nc[nH]c23)C1. The third-order valence-corrected chi connectivity index (χ3v) is 3.89. The summed E-state index contributed by atoms with van der Waals surface area (Å²) in [6, 6.07) is 6.06. The zero-order valence-electron chi connectivity index (χ0n) is 11.2. The van der Waals surface area contributed by atoms with Gasteiger partial charge >= 0.3 is 0 Å². The molecule has 1 fully saturated rings.